The van der Waals surface area contributed by atoms with Crippen LogP contribution in [-0.2, 0) is 16.0 Å². The molecular formula is C31H38F2N4O4. The third-order valence-electron chi connectivity index (χ3n) is 7.97. The Morgan fingerprint density at radius 2 is 1.78 bits per heavy atom. The molecule has 0 atom stereocenters. The summed E-state index contributed by atoms with van der Waals surface area (Å²) in [6.45, 7) is 7.93. The molecule has 2 aliphatic heterocycles. The van der Waals surface area contributed by atoms with Crippen molar-refractivity contribution in [3.05, 3.63) is 59.2 Å². The van der Waals surface area contributed by atoms with E-state index in [1.807, 2.05) is 18.7 Å². The highest BCUT2D eigenvalue weighted by Crippen LogP contribution is 2.40. The number of benzene rings is 2. The van der Waals surface area contributed by atoms with Crippen LogP contribution in [0.1, 0.15) is 55.5 Å². The quantitative estimate of drug-likeness (QED) is 0.510. The first-order chi connectivity index (χ1) is 19.8. The van der Waals surface area contributed by atoms with Gasteiger partial charge in [0.05, 0.1) is 13.2 Å². The summed E-state index contributed by atoms with van der Waals surface area (Å²) in [6, 6.07) is 8.54. The number of hydrogen-bond acceptors (Lipinski definition) is 5. The van der Waals surface area contributed by atoms with E-state index in [0.717, 1.165) is 37.2 Å². The molecule has 0 aromatic heterocycles. The number of morpholine rings is 1. The minimum Gasteiger partial charge on any atom is -0.489 e. The third-order valence-corrected chi connectivity index (χ3v) is 7.97. The number of halogens is 2. The van der Waals surface area contributed by atoms with Gasteiger partial charge in [-0.1, -0.05) is 0 Å². The maximum atomic E-state index is 15.2. The lowest BCUT2D eigenvalue weighted by atomic mass is 9.84. The zero-order chi connectivity index (χ0) is 28.9. The van der Waals surface area contributed by atoms with Crippen LogP contribution in [0.2, 0.25) is 0 Å². The lowest BCUT2D eigenvalue weighted by molar-refractivity contribution is -0.126. The van der Waals surface area contributed by atoms with Gasteiger partial charge in [0.25, 0.3) is 5.91 Å². The zero-order valence-electron chi connectivity index (χ0n) is 23.7. The van der Waals surface area contributed by atoms with E-state index in [2.05, 4.69) is 15.2 Å². The monoisotopic (exact) mass is 568 g/mol. The first kappa shape index (κ1) is 29.1. The van der Waals surface area contributed by atoms with Crippen molar-refractivity contribution < 1.29 is 27.8 Å². The highest BCUT2D eigenvalue weighted by molar-refractivity contribution is 6.12. The highest BCUT2D eigenvalue weighted by Gasteiger charge is 2.37. The van der Waals surface area contributed by atoms with E-state index in [9.17, 15) is 14.0 Å². The minimum atomic E-state index is -0.481. The van der Waals surface area contributed by atoms with Gasteiger partial charge in [-0.25, -0.2) is 8.78 Å². The highest BCUT2D eigenvalue weighted by atomic mass is 19.1. The molecule has 0 bridgehead atoms. The average Bonchev–Trinajstić information content (AvgIpc) is 3.29. The van der Waals surface area contributed by atoms with Crippen molar-refractivity contribution in [2.45, 2.75) is 58.0 Å². The van der Waals surface area contributed by atoms with Gasteiger partial charge in [-0.3, -0.25) is 14.5 Å². The van der Waals surface area contributed by atoms with Gasteiger partial charge in [0.15, 0.2) is 11.6 Å². The smallest absolute Gasteiger partial charge is 0.278 e. The van der Waals surface area contributed by atoms with Gasteiger partial charge in [-0.05, 0) is 75.4 Å². The van der Waals surface area contributed by atoms with E-state index in [0.29, 0.717) is 51.5 Å². The van der Waals surface area contributed by atoms with Crippen LogP contribution in [0.5, 0.6) is 5.75 Å². The van der Waals surface area contributed by atoms with Crippen molar-refractivity contribution >= 4 is 23.3 Å². The molecule has 10 heteroatoms. The van der Waals surface area contributed by atoms with Crippen LogP contribution in [0.25, 0.3) is 0 Å². The maximum absolute atomic E-state index is 15.2. The standard InChI is InChI=1S/C31H38F2N4O4/c1-20(2)34-30(38)22-5-9-25(10-6-22)37-27-19-28(41-16-13-36-11-14-40-15-12-36)26(33)17-23(27)18-29(37)35-31(39)21-3-7-24(32)8-4-21/h3-4,7-8,17,19-20,22,25H,5-6,9-16,18H2,1-2H3,(H,34,38). The summed E-state index contributed by atoms with van der Waals surface area (Å²) in [4.78, 5) is 34.4. The third kappa shape index (κ3) is 7.11. The van der Waals surface area contributed by atoms with E-state index < -0.39 is 17.5 Å². The molecule has 2 aromatic carbocycles. The van der Waals surface area contributed by atoms with Gasteiger partial charge in [-0.2, -0.15) is 4.99 Å². The predicted molar refractivity (Wildman–Crippen MR) is 153 cm³/mol. The van der Waals surface area contributed by atoms with Gasteiger partial charge in [0.1, 0.15) is 18.3 Å². The number of nitrogens with one attached hydrogen (secondary N) is 1. The number of carbonyl (C=O) groups is 2. The Kier molecular flexibility index (Phi) is 9.29. The molecule has 8 nitrogen and oxygen atoms in total. The first-order valence-corrected chi connectivity index (χ1v) is 14.5. The Morgan fingerprint density at radius 1 is 1.07 bits per heavy atom. The summed E-state index contributed by atoms with van der Waals surface area (Å²) in [6.07, 6.45) is 3.16. The largest absolute Gasteiger partial charge is 0.489 e. The molecule has 0 unspecified atom stereocenters. The summed E-state index contributed by atoms with van der Waals surface area (Å²) < 4.78 is 39.9. The van der Waals surface area contributed by atoms with E-state index >= 15 is 4.39 Å². The fourth-order valence-electron chi connectivity index (χ4n) is 5.84. The lowest BCUT2D eigenvalue weighted by Gasteiger charge is -2.36. The van der Waals surface area contributed by atoms with E-state index in [1.165, 1.54) is 30.3 Å². The summed E-state index contributed by atoms with van der Waals surface area (Å²) >= 11 is 0. The first-order valence-electron chi connectivity index (χ1n) is 14.5. The molecule has 2 amide bonds. The van der Waals surface area contributed by atoms with Crippen LogP contribution in [-0.4, -0.2) is 74.1 Å². The Hall–Kier alpha value is -3.37. The van der Waals surface area contributed by atoms with E-state index in [1.54, 1.807) is 6.07 Å². The number of fused-ring (bicyclic) bond motifs is 1. The van der Waals surface area contributed by atoms with Crippen molar-refractivity contribution in [2.24, 2.45) is 10.9 Å². The molecule has 5 rings (SSSR count). The number of rotatable bonds is 8. The van der Waals surface area contributed by atoms with Gasteiger partial charge in [0, 0.05) is 61.4 Å². The Bertz CT molecular complexity index is 1270. The number of amides is 2. The van der Waals surface area contributed by atoms with Crippen LogP contribution in [0.3, 0.4) is 0 Å². The zero-order valence-corrected chi connectivity index (χ0v) is 23.7. The fraction of sp³-hybridized carbons (Fsp3) is 0.516. The molecule has 3 aliphatic rings. The molecular weight excluding hydrogens is 530 g/mol. The number of anilines is 1. The molecule has 2 aromatic rings. The average molecular weight is 569 g/mol. The molecule has 2 fully saturated rings. The second-order valence-corrected chi connectivity index (χ2v) is 11.3. The summed E-state index contributed by atoms with van der Waals surface area (Å²) in [7, 11) is 0. The fourth-order valence-corrected chi connectivity index (χ4v) is 5.84. The molecule has 0 spiro atoms. The molecule has 1 saturated carbocycles. The number of carbonyl (C=O) groups excluding carboxylic acids is 2. The van der Waals surface area contributed by atoms with Crippen molar-refractivity contribution in [3.63, 3.8) is 0 Å². The van der Waals surface area contributed by atoms with Crippen LogP contribution < -0.4 is 15.0 Å². The number of aliphatic imine (C=N–C) groups is 1. The van der Waals surface area contributed by atoms with Crippen LogP contribution in [0.15, 0.2) is 41.4 Å². The Labute approximate surface area is 239 Å². The number of hydrogen-bond donors (Lipinski definition) is 1. The Balaban J connectivity index is 1.37. The van der Waals surface area contributed by atoms with Crippen LogP contribution >= 0.6 is 0 Å². The minimum absolute atomic E-state index is 0.00854. The second-order valence-electron chi connectivity index (χ2n) is 11.3. The van der Waals surface area contributed by atoms with E-state index in [4.69, 9.17) is 9.47 Å². The topological polar surface area (TPSA) is 83.5 Å². The SMILES string of the molecule is CC(C)NC(=O)C1CCC(N2C(=NC(=O)c3ccc(F)cc3)Cc3cc(F)c(OCCN4CCOCC4)cc32)CC1. The van der Waals surface area contributed by atoms with Gasteiger partial charge in [0.2, 0.25) is 5.91 Å². The second kappa shape index (κ2) is 13.1. The van der Waals surface area contributed by atoms with Crippen LogP contribution in [0.4, 0.5) is 14.5 Å². The van der Waals surface area contributed by atoms with Crippen molar-refractivity contribution in [1.29, 1.82) is 0 Å². The normalized spacial score (nSPS) is 22.2. The summed E-state index contributed by atoms with van der Waals surface area (Å²) in [5.41, 5.74) is 1.78. The summed E-state index contributed by atoms with van der Waals surface area (Å²) in [5, 5.41) is 3.01. The molecule has 2 heterocycles. The number of amidine groups is 1. The molecule has 0 radical (unpaired) electrons. The molecule has 1 aliphatic carbocycles. The predicted octanol–water partition coefficient (Wildman–Crippen LogP) is 4.36. The molecule has 220 valence electrons. The Morgan fingerprint density at radius 3 is 2.46 bits per heavy atom. The number of nitrogens with zero attached hydrogens (tertiary/aromatic N) is 3. The van der Waals surface area contributed by atoms with Gasteiger partial charge in [-0.15, -0.1) is 0 Å². The maximum Gasteiger partial charge on any atom is 0.278 e. The molecule has 1 saturated heterocycles. The van der Waals surface area contributed by atoms with Gasteiger partial charge < -0.3 is 19.7 Å². The summed E-state index contributed by atoms with van der Waals surface area (Å²) in [5.74, 6) is -0.676. The number of ether oxygens (including phenoxy) is 2. The van der Waals surface area contributed by atoms with Crippen molar-refractivity contribution in [3.8, 4) is 5.75 Å². The molecule has 1 N–H and O–H groups in total. The lowest BCUT2D eigenvalue weighted by Crippen LogP contribution is -2.44. The molecule has 41 heavy (non-hydrogen) atoms. The van der Waals surface area contributed by atoms with Crippen molar-refractivity contribution in [2.75, 3.05) is 44.4 Å². The van der Waals surface area contributed by atoms with E-state index in [-0.39, 0.29) is 35.2 Å². The van der Waals surface area contributed by atoms with Crippen molar-refractivity contribution in [1.82, 2.24) is 10.2 Å². The van der Waals surface area contributed by atoms with Crippen LogP contribution in [0, 0.1) is 17.6 Å². The van der Waals surface area contributed by atoms with Gasteiger partial charge >= 0.3 is 0 Å².